The predicted octanol–water partition coefficient (Wildman–Crippen LogP) is 3.22. The van der Waals surface area contributed by atoms with Crippen molar-refractivity contribution in [2.24, 2.45) is 0 Å². The maximum absolute atomic E-state index is 5.63. The highest BCUT2D eigenvalue weighted by molar-refractivity contribution is 5.29. The molecular formula is C17H28N2O. The highest BCUT2D eigenvalue weighted by Gasteiger charge is 2.19. The number of hydrogen-bond donors (Lipinski definition) is 1. The van der Waals surface area contributed by atoms with Gasteiger partial charge in [0.05, 0.1) is 6.61 Å². The Kier molecular flexibility index (Phi) is 5.86. The molecule has 0 amide bonds. The monoisotopic (exact) mass is 276 g/mol. The maximum Gasteiger partial charge on any atom is 0.119 e. The van der Waals surface area contributed by atoms with E-state index in [4.69, 9.17) is 4.74 Å². The fourth-order valence-electron chi connectivity index (χ4n) is 2.74. The van der Waals surface area contributed by atoms with Gasteiger partial charge in [0.2, 0.25) is 0 Å². The minimum atomic E-state index is 0.442. The quantitative estimate of drug-likeness (QED) is 0.827. The minimum Gasteiger partial charge on any atom is -0.494 e. The van der Waals surface area contributed by atoms with Crippen LogP contribution in [0.1, 0.15) is 44.7 Å². The first-order chi connectivity index (χ1) is 9.70. The lowest BCUT2D eigenvalue weighted by Crippen LogP contribution is -2.36. The van der Waals surface area contributed by atoms with Crippen LogP contribution in [0.15, 0.2) is 24.3 Å². The first-order valence-electron chi connectivity index (χ1n) is 7.87. The van der Waals surface area contributed by atoms with Crippen LogP contribution in [0.3, 0.4) is 0 Å². The molecule has 3 heteroatoms. The second kappa shape index (κ2) is 7.65. The number of nitrogens with one attached hydrogen (secondary N) is 1. The van der Waals surface area contributed by atoms with E-state index >= 15 is 0 Å². The molecule has 0 bridgehead atoms. The van der Waals surface area contributed by atoms with Crippen LogP contribution in [0.4, 0.5) is 0 Å². The molecule has 1 aromatic carbocycles. The van der Waals surface area contributed by atoms with Gasteiger partial charge in [-0.3, -0.25) is 4.90 Å². The summed E-state index contributed by atoms with van der Waals surface area (Å²) in [5.74, 6) is 0.975. The van der Waals surface area contributed by atoms with Gasteiger partial charge in [-0.2, -0.15) is 0 Å². The summed E-state index contributed by atoms with van der Waals surface area (Å²) in [4.78, 5) is 2.44. The lowest BCUT2D eigenvalue weighted by Gasteiger charge is -2.28. The fourth-order valence-corrected chi connectivity index (χ4v) is 2.74. The molecule has 0 aromatic heterocycles. The number of rotatable bonds is 7. The van der Waals surface area contributed by atoms with Gasteiger partial charge < -0.3 is 10.1 Å². The van der Waals surface area contributed by atoms with Gasteiger partial charge in [0.1, 0.15) is 5.75 Å². The first kappa shape index (κ1) is 15.3. The Balaban J connectivity index is 1.88. The number of likely N-dealkylation sites (N-methyl/N-ethyl adjacent to an activating group) is 1. The predicted molar refractivity (Wildman–Crippen MR) is 84.3 cm³/mol. The number of ether oxygens (including phenoxy) is 1. The molecule has 112 valence electrons. The van der Waals surface area contributed by atoms with Crippen LogP contribution in [0.2, 0.25) is 0 Å². The van der Waals surface area contributed by atoms with E-state index in [0.717, 1.165) is 25.3 Å². The molecule has 1 heterocycles. The summed E-state index contributed by atoms with van der Waals surface area (Å²) in [6.45, 7) is 7.49. The summed E-state index contributed by atoms with van der Waals surface area (Å²) >= 11 is 0. The third-order valence-electron chi connectivity index (χ3n) is 4.17. The minimum absolute atomic E-state index is 0.442. The Bertz CT molecular complexity index is 384. The van der Waals surface area contributed by atoms with E-state index in [1.54, 1.807) is 0 Å². The van der Waals surface area contributed by atoms with Gasteiger partial charge in [-0.1, -0.05) is 19.1 Å². The highest BCUT2D eigenvalue weighted by Crippen LogP contribution is 2.22. The van der Waals surface area contributed by atoms with Crippen LogP contribution in [0.25, 0.3) is 0 Å². The van der Waals surface area contributed by atoms with E-state index in [1.807, 2.05) is 0 Å². The molecule has 3 nitrogen and oxygen atoms in total. The van der Waals surface area contributed by atoms with Crippen molar-refractivity contribution < 1.29 is 4.74 Å². The number of benzene rings is 1. The van der Waals surface area contributed by atoms with Gasteiger partial charge in [0, 0.05) is 18.6 Å². The van der Waals surface area contributed by atoms with Crippen LogP contribution in [-0.2, 0) is 0 Å². The van der Waals surface area contributed by atoms with Crippen molar-refractivity contribution in [1.29, 1.82) is 0 Å². The Morgan fingerprint density at radius 3 is 2.70 bits per heavy atom. The molecule has 1 saturated heterocycles. The van der Waals surface area contributed by atoms with E-state index in [1.165, 1.54) is 24.9 Å². The SMILES string of the molecule is CCCOc1ccc(C(C)N(C)CC2CCCN2)cc1. The van der Waals surface area contributed by atoms with Crippen LogP contribution < -0.4 is 10.1 Å². The van der Waals surface area contributed by atoms with Gasteiger partial charge in [0.25, 0.3) is 0 Å². The summed E-state index contributed by atoms with van der Waals surface area (Å²) in [5.41, 5.74) is 1.36. The topological polar surface area (TPSA) is 24.5 Å². The van der Waals surface area contributed by atoms with Gasteiger partial charge >= 0.3 is 0 Å². The zero-order valence-electron chi connectivity index (χ0n) is 13.1. The molecule has 0 spiro atoms. The molecular weight excluding hydrogens is 248 g/mol. The third-order valence-corrected chi connectivity index (χ3v) is 4.17. The number of hydrogen-bond acceptors (Lipinski definition) is 3. The molecule has 2 rings (SSSR count). The maximum atomic E-state index is 5.63. The van der Waals surface area contributed by atoms with Crippen LogP contribution in [-0.4, -0.2) is 37.7 Å². The van der Waals surface area contributed by atoms with Crippen molar-refractivity contribution in [2.75, 3.05) is 26.7 Å². The van der Waals surface area contributed by atoms with Gasteiger partial charge in [0.15, 0.2) is 0 Å². The molecule has 20 heavy (non-hydrogen) atoms. The second-order valence-electron chi connectivity index (χ2n) is 5.83. The lowest BCUT2D eigenvalue weighted by atomic mass is 10.1. The average Bonchev–Trinajstić information content (AvgIpc) is 2.97. The van der Waals surface area contributed by atoms with Gasteiger partial charge in [-0.15, -0.1) is 0 Å². The molecule has 1 aromatic rings. The van der Waals surface area contributed by atoms with E-state index < -0.39 is 0 Å². The molecule has 0 saturated carbocycles. The standard InChI is InChI=1S/C17H28N2O/c1-4-12-20-17-9-7-15(8-10-17)14(2)19(3)13-16-6-5-11-18-16/h7-10,14,16,18H,4-6,11-13H2,1-3H3. The second-order valence-corrected chi connectivity index (χ2v) is 5.83. The van der Waals surface area contributed by atoms with Crippen LogP contribution in [0.5, 0.6) is 5.75 Å². The Labute approximate surface area is 123 Å². The van der Waals surface area contributed by atoms with Gasteiger partial charge in [-0.05, 0) is 57.5 Å². The summed E-state index contributed by atoms with van der Waals surface area (Å²) in [7, 11) is 2.21. The zero-order valence-corrected chi connectivity index (χ0v) is 13.1. The lowest BCUT2D eigenvalue weighted by molar-refractivity contribution is 0.238. The molecule has 1 aliphatic rings. The van der Waals surface area contributed by atoms with Crippen molar-refractivity contribution in [3.05, 3.63) is 29.8 Å². The van der Waals surface area contributed by atoms with Crippen molar-refractivity contribution in [1.82, 2.24) is 10.2 Å². The summed E-state index contributed by atoms with van der Waals surface area (Å²) < 4.78 is 5.63. The van der Waals surface area contributed by atoms with Crippen molar-refractivity contribution in [2.45, 2.75) is 45.2 Å². The molecule has 0 radical (unpaired) electrons. The van der Waals surface area contributed by atoms with E-state index in [2.05, 4.69) is 55.4 Å². The average molecular weight is 276 g/mol. The van der Waals surface area contributed by atoms with Crippen molar-refractivity contribution in [3.63, 3.8) is 0 Å². The molecule has 1 fully saturated rings. The first-order valence-corrected chi connectivity index (χ1v) is 7.87. The summed E-state index contributed by atoms with van der Waals surface area (Å²) in [6, 6.07) is 9.65. The Hall–Kier alpha value is -1.06. The highest BCUT2D eigenvalue weighted by atomic mass is 16.5. The molecule has 2 atom stereocenters. The van der Waals surface area contributed by atoms with Crippen molar-refractivity contribution >= 4 is 0 Å². The largest absolute Gasteiger partial charge is 0.494 e. The fraction of sp³-hybridized carbons (Fsp3) is 0.647. The van der Waals surface area contributed by atoms with E-state index in [9.17, 15) is 0 Å². The van der Waals surface area contributed by atoms with E-state index in [0.29, 0.717) is 12.1 Å². The van der Waals surface area contributed by atoms with Crippen LogP contribution in [0, 0.1) is 0 Å². The molecule has 1 N–H and O–H groups in total. The molecule has 1 aliphatic heterocycles. The van der Waals surface area contributed by atoms with Gasteiger partial charge in [-0.25, -0.2) is 0 Å². The summed E-state index contributed by atoms with van der Waals surface area (Å²) in [5, 5.41) is 3.56. The Morgan fingerprint density at radius 1 is 1.35 bits per heavy atom. The summed E-state index contributed by atoms with van der Waals surface area (Å²) in [6.07, 6.45) is 3.67. The smallest absolute Gasteiger partial charge is 0.119 e. The molecule has 2 unspecified atom stereocenters. The molecule has 0 aliphatic carbocycles. The normalized spacial score (nSPS) is 20.3. The zero-order chi connectivity index (χ0) is 14.4. The third kappa shape index (κ3) is 4.22. The van der Waals surface area contributed by atoms with Crippen molar-refractivity contribution in [3.8, 4) is 5.75 Å². The van der Waals surface area contributed by atoms with Crippen LogP contribution >= 0.6 is 0 Å². The Morgan fingerprint density at radius 2 is 2.10 bits per heavy atom. The van der Waals surface area contributed by atoms with E-state index in [-0.39, 0.29) is 0 Å². The number of nitrogens with zero attached hydrogens (tertiary/aromatic N) is 1.